The number of amides is 2. The van der Waals surface area contributed by atoms with Crippen molar-refractivity contribution in [2.45, 2.75) is 33.4 Å². The second-order valence-corrected chi connectivity index (χ2v) is 9.30. The molecule has 33 heavy (non-hydrogen) atoms. The Bertz CT molecular complexity index is 1060. The van der Waals surface area contributed by atoms with E-state index in [4.69, 9.17) is 4.74 Å². The third kappa shape index (κ3) is 7.18. The van der Waals surface area contributed by atoms with Gasteiger partial charge >= 0.3 is 0 Å². The van der Waals surface area contributed by atoms with Crippen molar-refractivity contribution in [1.82, 2.24) is 10.2 Å². The smallest absolute Gasteiger partial charge is 0.244 e. The maximum atomic E-state index is 13.4. The van der Waals surface area contributed by atoms with Crippen LogP contribution in [0.2, 0.25) is 0 Å². The van der Waals surface area contributed by atoms with Gasteiger partial charge in [-0.05, 0) is 50.6 Å². The second-order valence-electron chi connectivity index (χ2n) is 7.39. The summed E-state index contributed by atoms with van der Waals surface area (Å²) < 4.78 is 45.1. The van der Waals surface area contributed by atoms with E-state index in [9.17, 15) is 22.4 Å². The quantitative estimate of drug-likeness (QED) is 0.534. The van der Waals surface area contributed by atoms with Crippen LogP contribution in [0.25, 0.3) is 0 Å². The number of hydrogen-bond acceptors (Lipinski definition) is 5. The molecule has 1 N–H and O–H groups in total. The van der Waals surface area contributed by atoms with Crippen molar-refractivity contribution in [3.63, 3.8) is 0 Å². The van der Waals surface area contributed by atoms with Crippen LogP contribution in [-0.4, -0.2) is 57.1 Å². The summed E-state index contributed by atoms with van der Waals surface area (Å²) in [5, 5.41) is 2.67. The Hall–Kier alpha value is -3.14. The Balaban J connectivity index is 2.41. The lowest BCUT2D eigenvalue weighted by atomic mass is 10.1. The van der Waals surface area contributed by atoms with Crippen molar-refractivity contribution in [3.05, 3.63) is 59.9 Å². The lowest BCUT2D eigenvalue weighted by Gasteiger charge is -2.31. The zero-order valence-electron chi connectivity index (χ0n) is 19.2. The molecule has 0 spiro atoms. The largest absolute Gasteiger partial charge is 0.492 e. The first-order valence-corrected chi connectivity index (χ1v) is 12.4. The predicted octanol–water partition coefficient (Wildman–Crippen LogP) is 2.54. The van der Waals surface area contributed by atoms with Gasteiger partial charge in [0, 0.05) is 13.1 Å². The number of ether oxygens (including phenoxy) is 1. The summed E-state index contributed by atoms with van der Waals surface area (Å²) in [6.07, 6.45) is 1.00. The van der Waals surface area contributed by atoms with E-state index in [2.05, 4.69) is 5.32 Å². The number of halogens is 1. The van der Waals surface area contributed by atoms with Gasteiger partial charge in [0.1, 0.15) is 24.2 Å². The molecule has 180 valence electrons. The normalized spacial score (nSPS) is 12.0. The summed E-state index contributed by atoms with van der Waals surface area (Å²) in [5.41, 5.74) is 0.823. The lowest BCUT2D eigenvalue weighted by molar-refractivity contribution is -0.139. The van der Waals surface area contributed by atoms with E-state index < -0.39 is 34.3 Å². The molecular formula is C23H30FN3O5S. The first-order valence-electron chi connectivity index (χ1n) is 10.6. The highest BCUT2D eigenvalue weighted by atomic mass is 32.2. The molecule has 2 rings (SSSR count). The second kappa shape index (κ2) is 11.6. The monoisotopic (exact) mass is 479 g/mol. The van der Waals surface area contributed by atoms with Crippen molar-refractivity contribution >= 4 is 27.5 Å². The van der Waals surface area contributed by atoms with E-state index in [0.29, 0.717) is 24.5 Å². The van der Waals surface area contributed by atoms with Gasteiger partial charge in [0.25, 0.3) is 0 Å². The van der Waals surface area contributed by atoms with Crippen LogP contribution in [0.5, 0.6) is 5.75 Å². The van der Waals surface area contributed by atoms with Gasteiger partial charge in [-0.1, -0.05) is 24.3 Å². The first-order chi connectivity index (χ1) is 15.6. The number of anilines is 1. The van der Waals surface area contributed by atoms with Crippen LogP contribution < -0.4 is 14.4 Å². The maximum Gasteiger partial charge on any atom is 0.244 e. The topological polar surface area (TPSA) is 96.0 Å². The zero-order chi connectivity index (χ0) is 24.6. The molecule has 0 heterocycles. The maximum absolute atomic E-state index is 13.4. The van der Waals surface area contributed by atoms with Crippen LogP contribution in [0.1, 0.15) is 26.3 Å². The molecule has 0 aliphatic heterocycles. The minimum atomic E-state index is -3.87. The molecule has 2 amide bonds. The molecule has 2 aromatic carbocycles. The fraction of sp³-hybridized carbons (Fsp3) is 0.391. The van der Waals surface area contributed by atoms with E-state index in [0.717, 1.165) is 10.6 Å². The van der Waals surface area contributed by atoms with E-state index in [-0.39, 0.29) is 18.1 Å². The fourth-order valence-electron chi connectivity index (χ4n) is 3.23. The van der Waals surface area contributed by atoms with Crippen molar-refractivity contribution in [2.24, 2.45) is 0 Å². The van der Waals surface area contributed by atoms with Gasteiger partial charge < -0.3 is 15.0 Å². The molecule has 1 atom stereocenters. The summed E-state index contributed by atoms with van der Waals surface area (Å²) in [6.45, 7) is 5.24. The number of rotatable bonds is 11. The van der Waals surface area contributed by atoms with Crippen LogP contribution in [0.4, 0.5) is 10.1 Å². The lowest BCUT2D eigenvalue weighted by Crippen LogP contribution is -2.51. The number of benzene rings is 2. The molecule has 0 aromatic heterocycles. The number of nitrogens with zero attached hydrogens (tertiary/aromatic N) is 2. The van der Waals surface area contributed by atoms with Crippen LogP contribution >= 0.6 is 0 Å². The molecule has 8 nitrogen and oxygen atoms in total. The van der Waals surface area contributed by atoms with Gasteiger partial charge in [-0.15, -0.1) is 0 Å². The summed E-state index contributed by atoms with van der Waals surface area (Å²) in [4.78, 5) is 27.2. The fourth-order valence-corrected chi connectivity index (χ4v) is 4.08. The third-order valence-electron chi connectivity index (χ3n) is 4.90. The molecular weight excluding hydrogens is 449 g/mol. The van der Waals surface area contributed by atoms with Gasteiger partial charge in [-0.2, -0.15) is 0 Å². The Kier molecular flexibility index (Phi) is 9.22. The molecule has 0 fully saturated rings. The Morgan fingerprint density at radius 3 is 2.30 bits per heavy atom. The number of sulfonamides is 1. The number of carbonyl (C=O) groups is 2. The molecule has 0 radical (unpaired) electrons. The number of hydrogen-bond donors (Lipinski definition) is 1. The summed E-state index contributed by atoms with van der Waals surface area (Å²) in [7, 11) is -3.87. The third-order valence-corrected chi connectivity index (χ3v) is 6.02. The number of carbonyl (C=O) groups excluding carboxylic acids is 2. The zero-order valence-corrected chi connectivity index (χ0v) is 20.1. The highest BCUT2D eigenvalue weighted by Crippen LogP contribution is 2.30. The van der Waals surface area contributed by atoms with Crippen molar-refractivity contribution in [2.75, 3.05) is 30.3 Å². The molecule has 0 aliphatic carbocycles. The van der Waals surface area contributed by atoms with E-state index in [1.54, 1.807) is 45.0 Å². The Morgan fingerprint density at radius 2 is 1.73 bits per heavy atom. The van der Waals surface area contributed by atoms with Crippen molar-refractivity contribution in [1.29, 1.82) is 0 Å². The minimum absolute atomic E-state index is 0.00211. The molecule has 0 saturated heterocycles. The summed E-state index contributed by atoms with van der Waals surface area (Å²) >= 11 is 0. The number of likely N-dealkylation sites (N-methyl/N-ethyl adjacent to an activating group) is 1. The first kappa shape index (κ1) is 26.1. The molecule has 2 aromatic rings. The van der Waals surface area contributed by atoms with Gasteiger partial charge in [0.05, 0.1) is 18.6 Å². The van der Waals surface area contributed by atoms with Crippen LogP contribution in [0.3, 0.4) is 0 Å². The van der Waals surface area contributed by atoms with Crippen LogP contribution in [-0.2, 0) is 26.2 Å². The Labute approximate surface area is 194 Å². The van der Waals surface area contributed by atoms with Crippen molar-refractivity contribution < 1.29 is 27.1 Å². The summed E-state index contributed by atoms with van der Waals surface area (Å²) in [5.74, 6) is -1.08. The molecule has 10 heteroatoms. The number of para-hydroxylation sites is 2. The minimum Gasteiger partial charge on any atom is -0.492 e. The van der Waals surface area contributed by atoms with Gasteiger partial charge in [0.2, 0.25) is 21.8 Å². The number of nitrogens with one attached hydrogen (secondary N) is 1. The highest BCUT2D eigenvalue weighted by Gasteiger charge is 2.31. The van der Waals surface area contributed by atoms with Crippen LogP contribution in [0, 0.1) is 5.82 Å². The molecule has 0 saturated carbocycles. The van der Waals surface area contributed by atoms with E-state index >= 15 is 0 Å². The van der Waals surface area contributed by atoms with Gasteiger partial charge in [-0.3, -0.25) is 13.9 Å². The molecule has 0 unspecified atom stereocenters. The summed E-state index contributed by atoms with van der Waals surface area (Å²) in [6, 6.07) is 11.2. The predicted molar refractivity (Wildman–Crippen MR) is 125 cm³/mol. The average molecular weight is 480 g/mol. The van der Waals surface area contributed by atoms with E-state index in [1.807, 2.05) is 0 Å². The van der Waals surface area contributed by atoms with Gasteiger partial charge in [0.15, 0.2) is 0 Å². The Morgan fingerprint density at radius 1 is 1.09 bits per heavy atom. The molecule has 0 bridgehead atoms. The van der Waals surface area contributed by atoms with E-state index in [1.165, 1.54) is 29.2 Å². The van der Waals surface area contributed by atoms with Crippen LogP contribution in [0.15, 0.2) is 48.5 Å². The molecule has 0 aliphatic rings. The SMILES string of the molecule is CCNC(=O)[C@H](C)N(Cc1ccc(F)cc1)C(=O)CN(c1ccccc1OCC)S(C)(=O)=O. The van der Waals surface area contributed by atoms with Gasteiger partial charge in [-0.25, -0.2) is 12.8 Å². The standard InChI is InChI=1S/C23H30FN3O5S/c1-5-25-23(29)17(3)26(15-18-11-13-19(24)14-12-18)22(28)16-27(33(4,30)31)20-9-7-8-10-21(20)32-6-2/h7-14,17H,5-6,15-16H2,1-4H3,(H,25,29)/t17-/m0/s1. The average Bonchev–Trinajstić information content (AvgIpc) is 2.76. The highest BCUT2D eigenvalue weighted by molar-refractivity contribution is 7.92. The van der Waals surface area contributed by atoms with Crippen molar-refractivity contribution in [3.8, 4) is 5.75 Å².